The van der Waals surface area contributed by atoms with Crippen LogP contribution in [0.3, 0.4) is 0 Å². The Bertz CT molecular complexity index is 2030. The number of carbonyl (C=O) groups is 1. The van der Waals surface area contributed by atoms with Gasteiger partial charge >= 0.3 is 16.3 Å². The van der Waals surface area contributed by atoms with Crippen molar-refractivity contribution in [2.24, 2.45) is 5.14 Å². The molecule has 0 atom stereocenters. The third kappa shape index (κ3) is 15.3. The average Bonchev–Trinajstić information content (AvgIpc) is 3.00. The minimum atomic E-state index is -3.95. The Morgan fingerprint density at radius 2 is 1.08 bits per heavy atom. The highest BCUT2D eigenvalue weighted by Gasteiger charge is 2.20. The molecule has 4 aromatic rings. The second-order valence-electron chi connectivity index (χ2n) is 13.1. The summed E-state index contributed by atoms with van der Waals surface area (Å²) in [5.74, 6) is 1.55. The number of nitrogens with zero attached hydrogens (tertiary/aromatic N) is 4. The minimum Gasteiger partial charge on any atom is -0.443 e. The molecule has 2 aromatic heterocycles. The van der Waals surface area contributed by atoms with Crippen molar-refractivity contribution >= 4 is 72.4 Å². The van der Waals surface area contributed by atoms with E-state index in [1.165, 1.54) is 28.6 Å². The van der Waals surface area contributed by atoms with Gasteiger partial charge in [-0.05, 0) is 121 Å². The molecule has 19 heteroatoms. The van der Waals surface area contributed by atoms with Crippen LogP contribution in [0, 0.1) is 27.7 Å². The van der Waals surface area contributed by atoms with Crippen LogP contribution in [0.4, 0.5) is 16.4 Å². The van der Waals surface area contributed by atoms with Gasteiger partial charge in [-0.1, -0.05) is 0 Å². The highest BCUT2D eigenvalue weighted by atomic mass is 35.5. The Labute approximate surface area is 312 Å². The van der Waals surface area contributed by atoms with E-state index in [1.807, 2.05) is 30.7 Å². The summed E-state index contributed by atoms with van der Waals surface area (Å²) in [5.41, 5.74) is 5.77. The first-order valence-electron chi connectivity index (χ1n) is 16.5. The van der Waals surface area contributed by atoms with E-state index in [9.17, 15) is 21.6 Å². The number of hydrogen-bond donors (Lipinski definition) is 6. The maximum absolute atomic E-state index is 11.8. The van der Waals surface area contributed by atoms with Crippen LogP contribution in [0.15, 0.2) is 36.9 Å². The van der Waals surface area contributed by atoms with Crippen LogP contribution in [-0.2, 0) is 25.2 Å². The normalized spacial score (nSPS) is 11.7. The number of nitrogens with one attached hydrogen (secondary N) is 5. The van der Waals surface area contributed by atoms with E-state index in [4.69, 9.17) is 9.88 Å². The number of aromatic nitrogens is 4. The largest absolute Gasteiger partial charge is 0.443 e. The van der Waals surface area contributed by atoms with Gasteiger partial charge in [0.15, 0.2) is 0 Å². The third-order valence-electron chi connectivity index (χ3n) is 7.51. The van der Waals surface area contributed by atoms with Crippen LogP contribution < -0.4 is 29.9 Å². The first-order valence-corrected chi connectivity index (χ1v) is 19.6. The summed E-state index contributed by atoms with van der Waals surface area (Å²) < 4.78 is 56.5. The lowest BCUT2D eigenvalue weighted by Crippen LogP contribution is -2.43. The zero-order valence-electron chi connectivity index (χ0n) is 30.7. The highest BCUT2D eigenvalue weighted by Crippen LogP contribution is 2.24. The number of carbonyl (C=O) groups excluding carboxylic acids is 1. The summed E-state index contributed by atoms with van der Waals surface area (Å²) in [7, 11) is -7.54. The van der Waals surface area contributed by atoms with Crippen LogP contribution in [0.25, 0.3) is 21.8 Å². The summed E-state index contributed by atoms with van der Waals surface area (Å²) >= 11 is 0. The topological polar surface area (TPSA) is 232 Å². The van der Waals surface area contributed by atoms with Crippen LogP contribution in [0.1, 0.15) is 68.7 Å². The molecule has 0 saturated heterocycles. The molecule has 1 amide bonds. The first kappa shape index (κ1) is 44.2. The van der Waals surface area contributed by atoms with Crippen LogP contribution in [0.2, 0.25) is 0 Å². The molecule has 2 aromatic carbocycles. The first-order chi connectivity index (χ1) is 23.8. The molecular formula is C33H51ClN10O6S2. The molecule has 2 heterocycles. The predicted octanol–water partition coefficient (Wildman–Crippen LogP) is 4.45. The van der Waals surface area contributed by atoms with E-state index in [0.717, 1.165) is 39.9 Å². The lowest BCUT2D eigenvalue weighted by Gasteiger charge is -2.19. The Morgan fingerprint density at radius 1 is 0.673 bits per heavy atom. The van der Waals surface area contributed by atoms with Crippen molar-refractivity contribution in [1.82, 2.24) is 34.1 Å². The molecule has 0 radical (unpaired) electrons. The van der Waals surface area contributed by atoms with E-state index in [2.05, 4.69) is 66.0 Å². The third-order valence-corrected chi connectivity index (χ3v) is 9.13. The summed E-state index contributed by atoms with van der Waals surface area (Å²) in [5, 5.41) is 13.4. The van der Waals surface area contributed by atoms with Gasteiger partial charge in [-0.15, -0.1) is 12.4 Å². The number of fused-ring (bicyclic) bond motifs is 2. The molecule has 0 unspecified atom stereocenters. The molecule has 0 spiro atoms. The minimum absolute atomic E-state index is 0. The van der Waals surface area contributed by atoms with Crippen molar-refractivity contribution in [3.63, 3.8) is 0 Å². The van der Waals surface area contributed by atoms with E-state index < -0.39 is 32.1 Å². The van der Waals surface area contributed by atoms with Gasteiger partial charge in [0.25, 0.3) is 10.2 Å². The van der Waals surface area contributed by atoms with Crippen molar-refractivity contribution in [3.8, 4) is 0 Å². The smallest absolute Gasteiger partial charge is 0.422 e. The number of anilines is 2. The SMILES string of the molecule is Cc1cc2ncnc(NCCCCNS(=O)(=O)NC(=O)OC(C)(C)C)c2cc1C.Cc1cc2ncnc(NCCCCNS(N)(=O)=O)c2cc1C.Cl. The van der Waals surface area contributed by atoms with Gasteiger partial charge in [-0.3, -0.25) is 0 Å². The molecule has 16 nitrogen and oxygen atoms in total. The quantitative estimate of drug-likeness (QED) is 0.0919. The van der Waals surface area contributed by atoms with E-state index >= 15 is 0 Å². The Balaban J connectivity index is 0.000000366. The van der Waals surface area contributed by atoms with Crippen molar-refractivity contribution in [3.05, 3.63) is 59.2 Å². The monoisotopic (exact) mass is 782 g/mol. The Morgan fingerprint density at radius 3 is 1.50 bits per heavy atom. The summed E-state index contributed by atoms with van der Waals surface area (Å²) in [6.07, 6.45) is 4.86. The number of rotatable bonds is 15. The zero-order valence-corrected chi connectivity index (χ0v) is 33.1. The van der Waals surface area contributed by atoms with Gasteiger partial charge in [-0.2, -0.15) is 21.6 Å². The molecule has 288 valence electrons. The van der Waals surface area contributed by atoms with Gasteiger partial charge in [0.2, 0.25) is 0 Å². The van der Waals surface area contributed by atoms with Crippen LogP contribution in [-0.4, -0.2) is 74.6 Å². The molecule has 7 N–H and O–H groups in total. The van der Waals surface area contributed by atoms with Gasteiger partial charge in [-0.25, -0.2) is 39.3 Å². The molecule has 0 aliphatic rings. The maximum Gasteiger partial charge on any atom is 0.422 e. The Kier molecular flexibility index (Phi) is 16.8. The number of hydrogen-bond acceptors (Lipinski definition) is 12. The molecule has 0 aliphatic heterocycles. The van der Waals surface area contributed by atoms with Crippen LogP contribution in [0.5, 0.6) is 0 Å². The molecular weight excluding hydrogens is 732 g/mol. The number of aryl methyl sites for hydroxylation is 4. The van der Waals surface area contributed by atoms with Gasteiger partial charge < -0.3 is 15.4 Å². The lowest BCUT2D eigenvalue weighted by molar-refractivity contribution is 0.0569. The number of nitrogens with two attached hydrogens (primary N) is 1. The number of halogens is 1. The number of unbranched alkanes of at least 4 members (excludes halogenated alkanes) is 2. The molecule has 0 bridgehead atoms. The second-order valence-corrected chi connectivity index (χ2v) is 15.9. The summed E-state index contributed by atoms with van der Waals surface area (Å²) in [6.45, 7) is 15.0. The van der Waals surface area contributed by atoms with E-state index in [1.54, 1.807) is 27.1 Å². The number of benzene rings is 2. The molecule has 0 saturated carbocycles. The van der Waals surface area contributed by atoms with E-state index in [-0.39, 0.29) is 19.0 Å². The summed E-state index contributed by atoms with van der Waals surface area (Å²) in [6, 6.07) is 8.22. The van der Waals surface area contributed by atoms with E-state index in [0.29, 0.717) is 38.9 Å². The summed E-state index contributed by atoms with van der Waals surface area (Å²) in [4.78, 5) is 28.7. The number of ether oxygens (including phenoxy) is 1. The van der Waals surface area contributed by atoms with Crippen molar-refractivity contribution in [1.29, 1.82) is 0 Å². The highest BCUT2D eigenvalue weighted by molar-refractivity contribution is 7.88. The number of amides is 1. The fraction of sp³-hybridized carbons (Fsp3) is 0.485. The second kappa shape index (κ2) is 19.8. The van der Waals surface area contributed by atoms with Gasteiger partial charge in [0.05, 0.1) is 11.0 Å². The van der Waals surface area contributed by atoms with Crippen molar-refractivity contribution in [2.75, 3.05) is 36.8 Å². The fourth-order valence-electron chi connectivity index (χ4n) is 4.69. The van der Waals surface area contributed by atoms with Crippen molar-refractivity contribution < 1.29 is 26.4 Å². The van der Waals surface area contributed by atoms with Gasteiger partial charge in [0.1, 0.15) is 29.9 Å². The average molecular weight is 783 g/mol. The molecule has 0 fully saturated rings. The van der Waals surface area contributed by atoms with Crippen LogP contribution >= 0.6 is 12.4 Å². The zero-order chi connectivity index (χ0) is 37.8. The molecule has 52 heavy (non-hydrogen) atoms. The Hall–Kier alpha value is -3.94. The van der Waals surface area contributed by atoms with Gasteiger partial charge in [0, 0.05) is 37.0 Å². The predicted molar refractivity (Wildman–Crippen MR) is 208 cm³/mol. The standard InChI is InChI=1S/C19H29N5O4S.C14H21N5O2S.ClH/c1-13-10-15-16(11-14(13)2)21-12-22-17(15)20-8-6-7-9-23-29(26,27)24-18(25)28-19(3,4)5;1-10-7-12-13(8-11(10)2)17-9-18-14(12)16-5-3-4-6-19-22(15,20)21;/h10-12,23H,6-9H2,1-5H3,(H,24,25)(H,20,21,22);7-9,19H,3-6H2,1-2H3,(H2,15,20,21)(H,16,17,18);1H. The fourth-order valence-corrected chi connectivity index (χ4v) is 5.87. The maximum atomic E-state index is 11.8. The lowest BCUT2D eigenvalue weighted by atomic mass is 10.1. The molecule has 4 rings (SSSR count). The molecule has 0 aliphatic carbocycles. The van der Waals surface area contributed by atoms with Crippen molar-refractivity contribution in [2.45, 2.75) is 79.8 Å².